The Morgan fingerprint density at radius 3 is 2.58 bits per heavy atom. The van der Waals surface area contributed by atoms with Crippen molar-refractivity contribution >= 4 is 0 Å². The van der Waals surface area contributed by atoms with E-state index in [-0.39, 0.29) is 0 Å². The van der Waals surface area contributed by atoms with Gasteiger partial charge in [0.05, 0.1) is 0 Å². The van der Waals surface area contributed by atoms with Crippen LogP contribution in [0.4, 0.5) is 0 Å². The number of allylic oxidation sites excluding steroid dienone is 9. The average Bonchev–Trinajstić information content (AvgIpc) is 2.50. The van der Waals surface area contributed by atoms with Gasteiger partial charge in [-0.1, -0.05) is 73.9 Å². The molecule has 0 saturated carbocycles. The second kappa shape index (κ2) is 10.5. The lowest BCUT2D eigenvalue weighted by atomic mass is 9.72. The molecule has 0 aromatic heterocycles. The first-order chi connectivity index (χ1) is 11.4. The maximum absolute atomic E-state index is 3.39. The topological polar surface area (TPSA) is 12.0 Å². The van der Waals surface area contributed by atoms with Crippen molar-refractivity contribution < 1.29 is 0 Å². The molecule has 24 heavy (non-hydrogen) atoms. The van der Waals surface area contributed by atoms with E-state index in [9.17, 15) is 0 Å². The summed E-state index contributed by atoms with van der Waals surface area (Å²) in [5.74, 6) is 0. The van der Waals surface area contributed by atoms with Gasteiger partial charge in [0.2, 0.25) is 0 Å². The van der Waals surface area contributed by atoms with E-state index >= 15 is 0 Å². The van der Waals surface area contributed by atoms with Crippen LogP contribution in [0, 0.1) is 5.41 Å². The smallest absolute Gasteiger partial charge is 0.0140 e. The molecule has 0 aliphatic heterocycles. The van der Waals surface area contributed by atoms with Crippen molar-refractivity contribution in [2.75, 3.05) is 13.1 Å². The molecule has 1 aliphatic rings. The maximum Gasteiger partial charge on any atom is 0.0140 e. The van der Waals surface area contributed by atoms with Gasteiger partial charge in [-0.2, -0.15) is 0 Å². The molecule has 0 fully saturated rings. The molecule has 0 unspecified atom stereocenters. The number of nitrogens with one attached hydrogen (secondary N) is 1. The average molecular weight is 328 g/mol. The van der Waals surface area contributed by atoms with E-state index < -0.39 is 0 Å². The number of rotatable bonds is 8. The lowest BCUT2D eigenvalue weighted by Gasteiger charge is -2.32. The van der Waals surface area contributed by atoms with E-state index in [4.69, 9.17) is 0 Å². The molecule has 0 spiro atoms. The van der Waals surface area contributed by atoms with E-state index in [1.165, 1.54) is 42.4 Å². The van der Waals surface area contributed by atoms with Crippen LogP contribution >= 0.6 is 0 Å². The van der Waals surface area contributed by atoms with Gasteiger partial charge in [0.15, 0.2) is 0 Å². The van der Waals surface area contributed by atoms with Crippen molar-refractivity contribution in [2.45, 2.75) is 67.2 Å². The van der Waals surface area contributed by atoms with Crippen LogP contribution in [0.2, 0.25) is 0 Å². The van der Waals surface area contributed by atoms with E-state index in [0.717, 1.165) is 13.1 Å². The van der Waals surface area contributed by atoms with Crippen molar-refractivity contribution in [3.63, 3.8) is 0 Å². The Labute approximate surface area is 150 Å². The molecule has 0 amide bonds. The summed E-state index contributed by atoms with van der Waals surface area (Å²) in [6, 6.07) is 0. The van der Waals surface area contributed by atoms with Gasteiger partial charge < -0.3 is 5.32 Å². The Morgan fingerprint density at radius 1 is 1.17 bits per heavy atom. The highest BCUT2D eigenvalue weighted by molar-refractivity contribution is 5.37. The predicted molar refractivity (Wildman–Crippen MR) is 109 cm³/mol. The molecule has 1 rings (SSSR count). The molecule has 0 aromatic rings. The van der Waals surface area contributed by atoms with Crippen molar-refractivity contribution in [3.8, 4) is 0 Å². The maximum atomic E-state index is 3.39. The summed E-state index contributed by atoms with van der Waals surface area (Å²) in [5.41, 5.74) is 6.01. The Kier molecular flexibility index (Phi) is 9.07. The highest BCUT2D eigenvalue weighted by Gasteiger charge is 2.26. The fraction of sp³-hybridized carbons (Fsp3) is 0.565. The Balaban J connectivity index is 2.62. The van der Waals surface area contributed by atoms with Crippen LogP contribution in [0.1, 0.15) is 67.2 Å². The van der Waals surface area contributed by atoms with E-state index in [0.29, 0.717) is 5.41 Å². The van der Waals surface area contributed by atoms with Gasteiger partial charge in [0, 0.05) is 6.54 Å². The van der Waals surface area contributed by atoms with E-state index in [1.807, 2.05) is 0 Å². The van der Waals surface area contributed by atoms with E-state index in [1.54, 1.807) is 5.57 Å². The summed E-state index contributed by atoms with van der Waals surface area (Å²) < 4.78 is 0. The summed E-state index contributed by atoms with van der Waals surface area (Å²) in [4.78, 5) is 0. The third kappa shape index (κ3) is 7.49. The minimum Gasteiger partial charge on any atom is -0.313 e. The van der Waals surface area contributed by atoms with Crippen LogP contribution in [0.15, 0.2) is 58.7 Å². The summed E-state index contributed by atoms with van der Waals surface area (Å²) in [5, 5.41) is 3.39. The first-order valence-electron chi connectivity index (χ1n) is 9.47. The van der Waals surface area contributed by atoms with Crippen molar-refractivity contribution in [2.24, 2.45) is 5.41 Å². The van der Waals surface area contributed by atoms with Gasteiger partial charge in [-0.25, -0.2) is 0 Å². The predicted octanol–water partition coefficient (Wildman–Crippen LogP) is 6.52. The first kappa shape index (κ1) is 20.7. The van der Waals surface area contributed by atoms with Crippen LogP contribution in [-0.4, -0.2) is 13.1 Å². The highest BCUT2D eigenvalue weighted by Crippen LogP contribution is 2.40. The summed E-state index contributed by atoms with van der Waals surface area (Å²) in [7, 11) is 0. The third-order valence-electron chi connectivity index (χ3n) is 4.77. The molecule has 0 saturated heterocycles. The molecule has 1 nitrogen and oxygen atoms in total. The number of hydrogen-bond donors (Lipinski definition) is 1. The summed E-state index contributed by atoms with van der Waals surface area (Å²) >= 11 is 0. The molecule has 0 radical (unpaired) electrons. The van der Waals surface area contributed by atoms with Crippen LogP contribution in [0.3, 0.4) is 0 Å². The fourth-order valence-electron chi connectivity index (χ4n) is 3.21. The molecule has 1 N–H and O–H groups in total. The van der Waals surface area contributed by atoms with Crippen LogP contribution in [0.25, 0.3) is 0 Å². The van der Waals surface area contributed by atoms with Crippen molar-refractivity contribution in [3.05, 3.63) is 58.7 Å². The third-order valence-corrected chi connectivity index (χ3v) is 4.77. The zero-order valence-corrected chi connectivity index (χ0v) is 16.7. The number of hydrogen-bond acceptors (Lipinski definition) is 1. The quantitative estimate of drug-likeness (QED) is 0.395. The molecule has 1 aliphatic carbocycles. The Bertz CT molecular complexity index is 538. The van der Waals surface area contributed by atoms with Crippen molar-refractivity contribution in [1.82, 2.24) is 5.32 Å². The largest absolute Gasteiger partial charge is 0.313 e. The molecule has 0 atom stereocenters. The fourth-order valence-corrected chi connectivity index (χ4v) is 3.21. The molecule has 0 heterocycles. The second-order valence-corrected chi connectivity index (χ2v) is 7.69. The zero-order chi connectivity index (χ0) is 18.0. The normalized spacial score (nSPS) is 19.8. The standard InChI is InChI=1S/C23H37N/c1-7-17-24-18-15-20(3)11-8-10-19(2)13-14-22-21(4)12-9-16-23(22,5)6/h8,10-11,13-15,24H,7,9,12,16-18H2,1-6H3/b11-8+,14-13+,19-10+,20-15+. The molecular weight excluding hydrogens is 290 g/mol. The van der Waals surface area contributed by atoms with Gasteiger partial charge in [-0.05, 0) is 64.0 Å². The molecule has 0 bridgehead atoms. The monoisotopic (exact) mass is 327 g/mol. The summed E-state index contributed by atoms with van der Waals surface area (Å²) in [6.07, 6.45) is 18.4. The van der Waals surface area contributed by atoms with Crippen molar-refractivity contribution in [1.29, 1.82) is 0 Å². The lowest BCUT2D eigenvalue weighted by Crippen LogP contribution is -2.19. The van der Waals surface area contributed by atoms with Gasteiger partial charge in [0.25, 0.3) is 0 Å². The SMILES string of the molecule is CCCNC/C=C(C)/C=C/C=C(C)/C=C/C1=C(C)CCCC1(C)C. The molecule has 0 aromatic carbocycles. The van der Waals surface area contributed by atoms with Gasteiger partial charge >= 0.3 is 0 Å². The summed E-state index contributed by atoms with van der Waals surface area (Å²) in [6.45, 7) is 15.6. The van der Waals surface area contributed by atoms with Crippen LogP contribution in [0.5, 0.6) is 0 Å². The Hall–Kier alpha value is -1.34. The highest BCUT2D eigenvalue weighted by atomic mass is 14.8. The zero-order valence-electron chi connectivity index (χ0n) is 16.7. The first-order valence-corrected chi connectivity index (χ1v) is 9.47. The molecule has 1 heteroatoms. The van der Waals surface area contributed by atoms with Gasteiger partial charge in [-0.15, -0.1) is 0 Å². The lowest BCUT2D eigenvalue weighted by molar-refractivity contribution is 0.377. The minimum atomic E-state index is 0.319. The van der Waals surface area contributed by atoms with Gasteiger partial charge in [0.1, 0.15) is 0 Å². The van der Waals surface area contributed by atoms with Gasteiger partial charge in [-0.3, -0.25) is 0 Å². The van der Waals surface area contributed by atoms with Crippen LogP contribution in [-0.2, 0) is 0 Å². The molecule has 134 valence electrons. The Morgan fingerprint density at radius 2 is 1.92 bits per heavy atom. The molecular formula is C23H37N. The second-order valence-electron chi connectivity index (χ2n) is 7.69. The van der Waals surface area contributed by atoms with Crippen LogP contribution < -0.4 is 5.32 Å². The minimum absolute atomic E-state index is 0.319. The van der Waals surface area contributed by atoms with E-state index in [2.05, 4.69) is 83.3 Å².